The smallest absolute Gasteiger partial charge is 0.315 e. The predicted octanol–water partition coefficient (Wildman–Crippen LogP) is 2.05. The molecule has 0 aliphatic carbocycles. The van der Waals surface area contributed by atoms with Gasteiger partial charge in [-0.25, -0.2) is 8.42 Å². The number of carbonyl (C=O) groups excluding carboxylic acids is 2. The number of esters is 1. The first-order valence-electron chi connectivity index (χ1n) is 9.60. The van der Waals surface area contributed by atoms with E-state index in [0.717, 1.165) is 30.5 Å². The maximum atomic E-state index is 12.9. The standard InChI is InChI=1S/C19H26N2O5S2/c1-2-26-19(23)14-27-13-18(22)21-11-8-15-12-16(6-7-17(15)21)28(24,25)20-9-4-3-5-10-20/h6-7,12H,2-5,8-11,13-14H2,1H3. The van der Waals surface area contributed by atoms with Crippen molar-refractivity contribution in [1.82, 2.24) is 4.31 Å². The molecule has 0 bridgehead atoms. The van der Waals surface area contributed by atoms with Gasteiger partial charge in [-0.05, 0) is 49.9 Å². The Hall–Kier alpha value is -1.58. The Morgan fingerprint density at radius 2 is 1.86 bits per heavy atom. The highest BCUT2D eigenvalue weighted by Crippen LogP contribution is 2.32. The van der Waals surface area contributed by atoms with E-state index < -0.39 is 10.0 Å². The summed E-state index contributed by atoms with van der Waals surface area (Å²) in [5, 5.41) is 0. The Morgan fingerprint density at radius 1 is 1.11 bits per heavy atom. The number of thioether (sulfide) groups is 1. The zero-order chi connectivity index (χ0) is 20.1. The molecule has 0 unspecified atom stereocenters. The van der Waals surface area contributed by atoms with Crippen molar-refractivity contribution in [3.63, 3.8) is 0 Å². The number of carbonyl (C=O) groups is 2. The van der Waals surface area contributed by atoms with Crippen LogP contribution >= 0.6 is 11.8 Å². The van der Waals surface area contributed by atoms with Crippen LogP contribution < -0.4 is 4.90 Å². The second-order valence-electron chi connectivity index (χ2n) is 6.85. The largest absolute Gasteiger partial charge is 0.465 e. The van der Waals surface area contributed by atoms with E-state index in [-0.39, 0.29) is 23.4 Å². The summed E-state index contributed by atoms with van der Waals surface area (Å²) >= 11 is 1.23. The van der Waals surface area contributed by atoms with Crippen molar-refractivity contribution in [3.8, 4) is 0 Å². The molecule has 0 saturated carbocycles. The highest BCUT2D eigenvalue weighted by atomic mass is 32.2. The van der Waals surface area contributed by atoms with Gasteiger partial charge in [0.15, 0.2) is 0 Å². The van der Waals surface area contributed by atoms with Gasteiger partial charge in [-0.15, -0.1) is 11.8 Å². The number of hydrogen-bond acceptors (Lipinski definition) is 6. The predicted molar refractivity (Wildman–Crippen MR) is 109 cm³/mol. The Kier molecular flexibility index (Phi) is 7.00. The lowest BCUT2D eigenvalue weighted by molar-refractivity contribution is -0.139. The number of rotatable bonds is 7. The number of anilines is 1. The van der Waals surface area contributed by atoms with Gasteiger partial charge < -0.3 is 9.64 Å². The average Bonchev–Trinajstić information content (AvgIpc) is 3.12. The lowest BCUT2D eigenvalue weighted by atomic mass is 10.2. The number of nitrogens with zero attached hydrogens (tertiary/aromatic N) is 2. The molecule has 0 aromatic heterocycles. The number of hydrogen-bond donors (Lipinski definition) is 0. The summed E-state index contributed by atoms with van der Waals surface area (Å²) in [6.07, 6.45) is 3.50. The lowest BCUT2D eigenvalue weighted by Gasteiger charge is -2.26. The second kappa shape index (κ2) is 9.28. The third-order valence-electron chi connectivity index (χ3n) is 4.95. The number of piperidine rings is 1. The van der Waals surface area contributed by atoms with Crippen LogP contribution in [0.25, 0.3) is 0 Å². The lowest BCUT2D eigenvalue weighted by Crippen LogP contribution is -2.35. The first-order valence-corrected chi connectivity index (χ1v) is 12.2. The minimum atomic E-state index is -3.48. The van der Waals surface area contributed by atoms with Crippen molar-refractivity contribution in [2.45, 2.75) is 37.5 Å². The Bertz CT molecular complexity index is 835. The third-order valence-corrected chi connectivity index (χ3v) is 7.74. The fourth-order valence-electron chi connectivity index (χ4n) is 3.55. The number of benzene rings is 1. The summed E-state index contributed by atoms with van der Waals surface area (Å²) in [6.45, 7) is 3.74. The van der Waals surface area contributed by atoms with Gasteiger partial charge in [0, 0.05) is 25.3 Å². The van der Waals surface area contributed by atoms with Crippen molar-refractivity contribution in [2.75, 3.05) is 42.6 Å². The summed E-state index contributed by atoms with van der Waals surface area (Å²) < 4.78 is 32.1. The highest BCUT2D eigenvalue weighted by molar-refractivity contribution is 8.00. The van der Waals surface area contributed by atoms with Crippen molar-refractivity contribution in [1.29, 1.82) is 0 Å². The molecule has 1 aromatic rings. The molecule has 28 heavy (non-hydrogen) atoms. The Balaban J connectivity index is 1.65. The van der Waals surface area contributed by atoms with Gasteiger partial charge in [0.05, 0.1) is 23.0 Å². The minimum absolute atomic E-state index is 0.0836. The van der Waals surface area contributed by atoms with E-state index in [2.05, 4.69) is 0 Å². The van der Waals surface area contributed by atoms with Crippen LogP contribution in [-0.4, -0.2) is 62.3 Å². The molecular formula is C19H26N2O5S2. The van der Waals surface area contributed by atoms with Crippen molar-refractivity contribution in [2.24, 2.45) is 0 Å². The zero-order valence-electron chi connectivity index (χ0n) is 16.1. The van der Waals surface area contributed by atoms with Gasteiger partial charge in [0.25, 0.3) is 0 Å². The molecule has 1 saturated heterocycles. The molecule has 1 fully saturated rings. The molecule has 0 spiro atoms. The van der Waals surface area contributed by atoms with Crippen LogP contribution in [0.4, 0.5) is 5.69 Å². The normalized spacial score (nSPS) is 17.4. The number of amides is 1. The van der Waals surface area contributed by atoms with E-state index in [1.165, 1.54) is 11.8 Å². The fourth-order valence-corrected chi connectivity index (χ4v) is 5.80. The van der Waals surface area contributed by atoms with Crippen molar-refractivity contribution >= 4 is 39.3 Å². The molecule has 2 aliphatic heterocycles. The molecule has 2 aliphatic rings. The van der Waals surface area contributed by atoms with Crippen LogP contribution in [0.5, 0.6) is 0 Å². The molecule has 1 aromatic carbocycles. The molecular weight excluding hydrogens is 400 g/mol. The molecule has 0 atom stereocenters. The quantitative estimate of drug-likeness (QED) is 0.621. The zero-order valence-corrected chi connectivity index (χ0v) is 17.7. The van der Waals surface area contributed by atoms with Gasteiger partial charge in [-0.3, -0.25) is 9.59 Å². The van der Waals surface area contributed by atoms with Crippen LogP contribution in [-0.2, 0) is 30.8 Å². The van der Waals surface area contributed by atoms with Gasteiger partial charge in [0.1, 0.15) is 0 Å². The number of sulfonamides is 1. The van der Waals surface area contributed by atoms with Crippen LogP contribution in [0, 0.1) is 0 Å². The molecule has 0 N–H and O–H groups in total. The highest BCUT2D eigenvalue weighted by Gasteiger charge is 2.30. The SMILES string of the molecule is CCOC(=O)CSCC(=O)N1CCc2cc(S(=O)(=O)N3CCCCC3)ccc21. The molecule has 2 heterocycles. The van der Waals surface area contributed by atoms with Gasteiger partial charge in [0.2, 0.25) is 15.9 Å². The molecule has 0 radical (unpaired) electrons. The monoisotopic (exact) mass is 426 g/mol. The number of ether oxygens (including phenoxy) is 1. The van der Waals surface area contributed by atoms with E-state index in [4.69, 9.17) is 4.74 Å². The summed E-state index contributed by atoms with van der Waals surface area (Å²) in [5.74, 6) is -0.0753. The van der Waals surface area contributed by atoms with Gasteiger partial charge in [-0.1, -0.05) is 6.42 Å². The molecule has 154 valence electrons. The molecule has 9 heteroatoms. The summed E-state index contributed by atoms with van der Waals surface area (Å²) in [4.78, 5) is 25.9. The van der Waals surface area contributed by atoms with Gasteiger partial charge >= 0.3 is 5.97 Å². The summed E-state index contributed by atoms with van der Waals surface area (Å²) in [5.41, 5.74) is 1.64. The molecule has 7 nitrogen and oxygen atoms in total. The summed E-state index contributed by atoms with van der Waals surface area (Å²) in [7, 11) is -3.48. The fraction of sp³-hybridized carbons (Fsp3) is 0.579. The first-order chi connectivity index (χ1) is 13.4. The van der Waals surface area contributed by atoms with Gasteiger partial charge in [-0.2, -0.15) is 4.31 Å². The van der Waals surface area contributed by atoms with Crippen LogP contribution in [0.3, 0.4) is 0 Å². The summed E-state index contributed by atoms with van der Waals surface area (Å²) in [6, 6.07) is 5.03. The van der Waals surface area contributed by atoms with Crippen molar-refractivity contribution in [3.05, 3.63) is 23.8 Å². The van der Waals surface area contributed by atoms with Crippen molar-refractivity contribution < 1.29 is 22.7 Å². The minimum Gasteiger partial charge on any atom is -0.465 e. The van der Waals surface area contributed by atoms with E-state index in [1.807, 2.05) is 0 Å². The molecule has 3 rings (SSSR count). The maximum Gasteiger partial charge on any atom is 0.315 e. The van der Waals surface area contributed by atoms with E-state index in [0.29, 0.717) is 37.6 Å². The van der Waals surface area contributed by atoms with E-state index in [1.54, 1.807) is 34.3 Å². The van der Waals surface area contributed by atoms with E-state index >= 15 is 0 Å². The van der Waals surface area contributed by atoms with E-state index in [9.17, 15) is 18.0 Å². The number of fused-ring (bicyclic) bond motifs is 1. The van der Waals surface area contributed by atoms with Crippen LogP contribution in [0.2, 0.25) is 0 Å². The first kappa shape index (κ1) is 21.1. The maximum absolute atomic E-state index is 12.9. The second-order valence-corrected chi connectivity index (χ2v) is 9.77. The topological polar surface area (TPSA) is 84.0 Å². The Morgan fingerprint density at radius 3 is 2.57 bits per heavy atom. The third kappa shape index (κ3) is 4.69. The van der Waals surface area contributed by atoms with Crippen LogP contribution in [0.15, 0.2) is 23.1 Å². The van der Waals surface area contributed by atoms with Crippen LogP contribution in [0.1, 0.15) is 31.7 Å². The molecule has 1 amide bonds. The Labute approximate surface area is 170 Å². The average molecular weight is 427 g/mol.